The summed E-state index contributed by atoms with van der Waals surface area (Å²) in [6.45, 7) is 3.71. The Morgan fingerprint density at radius 3 is 2.48 bits per heavy atom. The Hall–Kier alpha value is -2.06. The number of methoxy groups -OCH3 is 1. The quantitative estimate of drug-likeness (QED) is 0.558. The summed E-state index contributed by atoms with van der Waals surface area (Å²) in [6.07, 6.45) is -0.824. The number of hydrogen-bond donors (Lipinski definition) is 3. The maximum atomic E-state index is 12.2. The van der Waals surface area contributed by atoms with Gasteiger partial charge in [-0.25, -0.2) is 4.79 Å². The Bertz CT molecular complexity index is 611. The molecular formula is C19H28N2O5S. The van der Waals surface area contributed by atoms with Crippen molar-refractivity contribution in [2.45, 2.75) is 50.5 Å². The number of ether oxygens (including phenoxy) is 1. The Labute approximate surface area is 164 Å². The van der Waals surface area contributed by atoms with E-state index in [1.807, 2.05) is 37.3 Å². The normalized spacial score (nSPS) is 13.9. The number of nitrogens with one attached hydrogen (secondary N) is 2. The number of rotatable bonds is 10. The van der Waals surface area contributed by atoms with Crippen LogP contribution in [0.2, 0.25) is 0 Å². The molecule has 3 atom stereocenters. The maximum Gasteiger partial charge on any atom is 0.407 e. The van der Waals surface area contributed by atoms with Crippen LogP contribution in [0.4, 0.5) is 4.79 Å². The number of imide groups is 1. The molecule has 0 saturated carbocycles. The van der Waals surface area contributed by atoms with Gasteiger partial charge in [-0.15, -0.1) is 0 Å². The van der Waals surface area contributed by atoms with Crippen molar-refractivity contribution in [3.63, 3.8) is 0 Å². The smallest absolute Gasteiger partial charge is 0.407 e. The fraction of sp³-hybridized carbons (Fsp3) is 0.526. The van der Waals surface area contributed by atoms with Crippen molar-refractivity contribution in [2.75, 3.05) is 12.9 Å². The number of benzene rings is 1. The average Bonchev–Trinajstić information content (AvgIpc) is 2.66. The summed E-state index contributed by atoms with van der Waals surface area (Å²) >= 11 is 1.47. The number of aliphatic hydroxyl groups is 1. The van der Waals surface area contributed by atoms with Crippen LogP contribution in [-0.2, 0) is 20.7 Å². The number of alkyl carbamates (subject to hydrolysis) is 1. The van der Waals surface area contributed by atoms with Gasteiger partial charge < -0.3 is 15.2 Å². The van der Waals surface area contributed by atoms with E-state index < -0.39 is 30.1 Å². The molecule has 150 valence electrons. The van der Waals surface area contributed by atoms with E-state index in [-0.39, 0.29) is 11.7 Å². The van der Waals surface area contributed by atoms with Gasteiger partial charge in [0.2, 0.25) is 5.91 Å². The zero-order valence-electron chi connectivity index (χ0n) is 15.9. The molecule has 2 unspecified atom stereocenters. The SMILES string of the molecule is CCSC(C)[C@H](NC(=O)OC)C(O)C(=O)NC(=O)CCCc1ccccc1. The van der Waals surface area contributed by atoms with Gasteiger partial charge in [0.15, 0.2) is 6.10 Å². The molecule has 7 nitrogen and oxygen atoms in total. The minimum absolute atomic E-state index is 0.168. The van der Waals surface area contributed by atoms with Gasteiger partial charge in [0.1, 0.15) is 0 Å². The first-order valence-corrected chi connectivity index (χ1v) is 9.95. The van der Waals surface area contributed by atoms with Gasteiger partial charge >= 0.3 is 6.09 Å². The second-order valence-electron chi connectivity index (χ2n) is 6.02. The van der Waals surface area contributed by atoms with Crippen LogP contribution in [0.25, 0.3) is 0 Å². The summed E-state index contributed by atoms with van der Waals surface area (Å²) < 4.78 is 4.55. The molecule has 27 heavy (non-hydrogen) atoms. The summed E-state index contributed by atoms with van der Waals surface area (Å²) in [4.78, 5) is 35.7. The number of carbonyl (C=O) groups excluding carboxylic acids is 3. The lowest BCUT2D eigenvalue weighted by molar-refractivity contribution is -0.136. The van der Waals surface area contributed by atoms with Crippen molar-refractivity contribution in [1.29, 1.82) is 0 Å². The minimum atomic E-state index is -1.56. The first-order valence-electron chi connectivity index (χ1n) is 8.90. The number of amides is 3. The lowest BCUT2D eigenvalue weighted by Gasteiger charge is -2.27. The van der Waals surface area contributed by atoms with Gasteiger partial charge in [0, 0.05) is 11.7 Å². The molecule has 0 saturated heterocycles. The molecule has 0 heterocycles. The Morgan fingerprint density at radius 2 is 1.89 bits per heavy atom. The van der Waals surface area contributed by atoms with Crippen LogP contribution in [0.3, 0.4) is 0 Å². The van der Waals surface area contributed by atoms with E-state index in [9.17, 15) is 19.5 Å². The van der Waals surface area contributed by atoms with E-state index in [4.69, 9.17) is 0 Å². The molecule has 8 heteroatoms. The van der Waals surface area contributed by atoms with Crippen LogP contribution in [-0.4, -0.2) is 53.3 Å². The summed E-state index contributed by atoms with van der Waals surface area (Å²) in [5.74, 6) is -0.542. The highest BCUT2D eigenvalue weighted by Gasteiger charge is 2.33. The molecule has 1 aromatic carbocycles. The first-order chi connectivity index (χ1) is 12.9. The maximum absolute atomic E-state index is 12.2. The number of aliphatic hydroxyl groups excluding tert-OH is 1. The van der Waals surface area contributed by atoms with Crippen molar-refractivity contribution in [3.8, 4) is 0 Å². The molecular weight excluding hydrogens is 368 g/mol. The van der Waals surface area contributed by atoms with E-state index >= 15 is 0 Å². The second-order valence-corrected chi connectivity index (χ2v) is 7.67. The first kappa shape index (κ1) is 23.0. The van der Waals surface area contributed by atoms with Crippen LogP contribution < -0.4 is 10.6 Å². The average molecular weight is 397 g/mol. The van der Waals surface area contributed by atoms with Gasteiger partial charge in [-0.1, -0.05) is 44.2 Å². The fourth-order valence-electron chi connectivity index (χ4n) is 2.55. The molecule has 0 spiro atoms. The van der Waals surface area contributed by atoms with E-state index in [0.717, 1.165) is 17.7 Å². The Morgan fingerprint density at radius 1 is 1.22 bits per heavy atom. The van der Waals surface area contributed by atoms with Crippen LogP contribution >= 0.6 is 11.8 Å². The molecule has 1 aromatic rings. The molecule has 0 fully saturated rings. The second kappa shape index (κ2) is 12.3. The van der Waals surface area contributed by atoms with E-state index in [1.165, 1.54) is 18.9 Å². The van der Waals surface area contributed by atoms with Crippen molar-refractivity contribution >= 4 is 29.7 Å². The lowest BCUT2D eigenvalue weighted by Crippen LogP contribution is -2.55. The fourth-order valence-corrected chi connectivity index (χ4v) is 3.50. The molecule has 3 N–H and O–H groups in total. The minimum Gasteiger partial charge on any atom is -0.453 e. The molecule has 3 amide bonds. The van der Waals surface area contributed by atoms with E-state index in [2.05, 4.69) is 15.4 Å². The van der Waals surface area contributed by atoms with Crippen LogP contribution in [0, 0.1) is 0 Å². The van der Waals surface area contributed by atoms with Gasteiger partial charge in [0.25, 0.3) is 5.91 Å². The van der Waals surface area contributed by atoms with Crippen molar-refractivity contribution < 1.29 is 24.2 Å². The highest BCUT2D eigenvalue weighted by molar-refractivity contribution is 7.99. The van der Waals surface area contributed by atoms with E-state index in [1.54, 1.807) is 6.92 Å². The number of hydrogen-bond acceptors (Lipinski definition) is 6. The lowest BCUT2D eigenvalue weighted by atomic mass is 10.1. The van der Waals surface area contributed by atoms with Crippen molar-refractivity contribution in [2.24, 2.45) is 0 Å². The monoisotopic (exact) mass is 396 g/mol. The molecule has 0 aliphatic carbocycles. The van der Waals surface area contributed by atoms with Crippen LogP contribution in [0.5, 0.6) is 0 Å². The largest absolute Gasteiger partial charge is 0.453 e. The molecule has 0 radical (unpaired) electrons. The van der Waals surface area contributed by atoms with Gasteiger partial charge in [-0.05, 0) is 24.2 Å². The molecule has 0 aromatic heterocycles. The zero-order chi connectivity index (χ0) is 20.2. The summed E-state index contributed by atoms with van der Waals surface area (Å²) in [5.41, 5.74) is 1.12. The summed E-state index contributed by atoms with van der Waals surface area (Å²) in [5, 5.41) is 14.7. The van der Waals surface area contributed by atoms with Crippen LogP contribution in [0.15, 0.2) is 30.3 Å². The Kier molecular flexibility index (Phi) is 10.5. The molecule has 0 aliphatic heterocycles. The number of thioether (sulfide) groups is 1. The zero-order valence-corrected chi connectivity index (χ0v) is 16.8. The van der Waals surface area contributed by atoms with Crippen LogP contribution in [0.1, 0.15) is 32.3 Å². The third-order valence-electron chi connectivity index (χ3n) is 3.99. The molecule has 0 bridgehead atoms. The number of carbonyl (C=O) groups is 3. The van der Waals surface area contributed by atoms with Gasteiger partial charge in [-0.2, -0.15) is 11.8 Å². The standard InChI is InChI=1S/C19H28N2O5S/c1-4-27-13(2)16(21-19(25)26-3)17(23)18(24)20-15(22)12-8-11-14-9-6-5-7-10-14/h5-7,9-10,13,16-17,23H,4,8,11-12H2,1-3H3,(H,21,25)(H,20,22,24)/t13?,16-,17?/m0/s1. The molecule has 1 rings (SSSR count). The van der Waals surface area contributed by atoms with Crippen molar-refractivity contribution in [3.05, 3.63) is 35.9 Å². The van der Waals surface area contributed by atoms with E-state index in [0.29, 0.717) is 6.42 Å². The predicted molar refractivity (Wildman–Crippen MR) is 105 cm³/mol. The Balaban J connectivity index is 2.54. The van der Waals surface area contributed by atoms with Gasteiger partial charge in [-0.3, -0.25) is 14.9 Å². The van der Waals surface area contributed by atoms with Gasteiger partial charge in [0.05, 0.1) is 13.2 Å². The highest BCUT2D eigenvalue weighted by atomic mass is 32.2. The number of aryl methyl sites for hydroxylation is 1. The van der Waals surface area contributed by atoms with Crippen molar-refractivity contribution in [1.82, 2.24) is 10.6 Å². The topological polar surface area (TPSA) is 105 Å². The third-order valence-corrected chi connectivity index (χ3v) is 5.14. The third kappa shape index (κ3) is 8.45. The summed E-state index contributed by atoms with van der Waals surface area (Å²) in [7, 11) is 1.20. The predicted octanol–water partition coefficient (Wildman–Crippen LogP) is 1.88. The summed E-state index contributed by atoms with van der Waals surface area (Å²) in [6, 6.07) is 8.86. The molecule has 0 aliphatic rings. The highest BCUT2D eigenvalue weighted by Crippen LogP contribution is 2.17.